The monoisotopic (exact) mass is 228 g/mol. The third-order valence-corrected chi connectivity index (χ3v) is 3.80. The van der Waals surface area contributed by atoms with E-state index in [4.69, 9.17) is 0 Å². The zero-order chi connectivity index (χ0) is 8.39. The van der Waals surface area contributed by atoms with Gasteiger partial charge in [-0.3, -0.25) is 0 Å². The van der Waals surface area contributed by atoms with Gasteiger partial charge in [0.05, 0.1) is 4.88 Å². The predicted octanol–water partition coefficient (Wildman–Crippen LogP) is 1.07. The molecule has 0 saturated carbocycles. The number of benzene rings is 1. The minimum atomic E-state index is 0. The minimum absolute atomic E-state index is 0. The molecule has 0 fully saturated rings. The van der Waals surface area contributed by atoms with Gasteiger partial charge in [0.15, 0.2) is 10.3 Å². The molecule has 0 atom stereocenters. The molecule has 0 saturated heterocycles. The Bertz CT molecular complexity index is 351. The van der Waals surface area contributed by atoms with Crippen LogP contribution in [0, 0.1) is 6.92 Å². The Hall–Kier alpha value is -0.440. The van der Waals surface area contributed by atoms with E-state index < -0.39 is 0 Å². The van der Waals surface area contributed by atoms with Crippen LogP contribution in [-0.2, 0) is 0 Å². The Morgan fingerprint density at radius 2 is 1.77 bits per heavy atom. The van der Waals surface area contributed by atoms with E-state index in [2.05, 4.69) is 42.6 Å². The van der Waals surface area contributed by atoms with Gasteiger partial charge in [-0.2, -0.15) is 0 Å². The summed E-state index contributed by atoms with van der Waals surface area (Å²) in [6, 6.07) is 10.8. The first-order chi connectivity index (χ1) is 5.86. The molecule has 0 amide bonds. The van der Waals surface area contributed by atoms with Gasteiger partial charge in [0.1, 0.15) is 0 Å². The molecule has 0 spiro atoms. The standard InChI is InChI=1S/C10H9S2.ClH/c1-8-2-4-9(5-3-8)10-6-7-11-12-10;/h2-7H,1H3;1H/q+1;/p-1. The fourth-order valence-electron chi connectivity index (χ4n) is 1.06. The maximum atomic E-state index is 2.17. The van der Waals surface area contributed by atoms with Gasteiger partial charge in [-0.15, -0.1) is 0 Å². The second-order valence-corrected chi connectivity index (χ2v) is 4.86. The van der Waals surface area contributed by atoms with Crippen LogP contribution in [0.15, 0.2) is 35.7 Å². The Morgan fingerprint density at radius 1 is 1.08 bits per heavy atom. The molecule has 68 valence electrons. The largest absolute Gasteiger partial charge is 1.00 e. The molecule has 0 nitrogen and oxygen atoms in total. The van der Waals surface area contributed by atoms with E-state index in [0.717, 1.165) is 0 Å². The molecule has 2 aromatic rings. The average Bonchev–Trinajstić information content (AvgIpc) is 2.58. The molecule has 0 aliphatic carbocycles. The van der Waals surface area contributed by atoms with Crippen LogP contribution in [0.1, 0.15) is 5.56 Å². The van der Waals surface area contributed by atoms with Gasteiger partial charge < -0.3 is 12.4 Å². The van der Waals surface area contributed by atoms with Gasteiger partial charge in [-0.1, -0.05) is 29.8 Å². The smallest absolute Gasteiger partial charge is 0.292 e. The summed E-state index contributed by atoms with van der Waals surface area (Å²) in [7, 11) is 3.60. The van der Waals surface area contributed by atoms with Crippen LogP contribution in [-0.4, -0.2) is 0 Å². The van der Waals surface area contributed by atoms with E-state index in [1.165, 1.54) is 16.0 Å². The molecular weight excluding hydrogens is 220 g/mol. The Labute approximate surface area is 91.7 Å². The summed E-state index contributed by atoms with van der Waals surface area (Å²) in [4.78, 5) is 1.36. The normalized spacial score (nSPS) is 9.31. The lowest BCUT2D eigenvalue weighted by molar-refractivity contribution is -0.00000226. The molecule has 0 N–H and O–H groups in total. The number of hydrogen-bond donors (Lipinski definition) is 0. The van der Waals surface area contributed by atoms with Crippen molar-refractivity contribution in [3.63, 3.8) is 0 Å². The Kier molecular flexibility index (Phi) is 3.85. The van der Waals surface area contributed by atoms with E-state index in [1.54, 1.807) is 10.3 Å². The fraction of sp³-hybridized carbons (Fsp3) is 0.100. The molecule has 2 rings (SSSR count). The molecule has 13 heavy (non-hydrogen) atoms. The van der Waals surface area contributed by atoms with Crippen molar-refractivity contribution in [1.29, 1.82) is 0 Å². The molecule has 0 unspecified atom stereocenters. The van der Waals surface area contributed by atoms with Gasteiger partial charge in [0, 0.05) is 6.07 Å². The quantitative estimate of drug-likeness (QED) is 0.506. The van der Waals surface area contributed by atoms with E-state index in [-0.39, 0.29) is 12.4 Å². The zero-order valence-electron chi connectivity index (χ0n) is 7.16. The van der Waals surface area contributed by atoms with Gasteiger partial charge in [-0.05, 0) is 12.5 Å². The number of aryl methyl sites for hydroxylation is 1. The first-order valence-corrected chi connectivity index (χ1v) is 6.01. The number of hydrogen-bond acceptors (Lipinski definition) is 1. The van der Waals surface area contributed by atoms with Crippen molar-refractivity contribution in [3.8, 4) is 10.4 Å². The van der Waals surface area contributed by atoms with Gasteiger partial charge in [-0.25, -0.2) is 0 Å². The van der Waals surface area contributed by atoms with Crippen molar-refractivity contribution in [2.75, 3.05) is 0 Å². The van der Waals surface area contributed by atoms with Crippen molar-refractivity contribution in [3.05, 3.63) is 41.3 Å². The predicted molar refractivity (Wildman–Crippen MR) is 56.8 cm³/mol. The van der Waals surface area contributed by atoms with Gasteiger partial charge in [0.25, 0.3) is 10.3 Å². The highest BCUT2D eigenvalue weighted by Crippen LogP contribution is 2.27. The molecule has 0 radical (unpaired) electrons. The van der Waals surface area contributed by atoms with Crippen LogP contribution in [0.25, 0.3) is 10.4 Å². The first-order valence-electron chi connectivity index (χ1n) is 3.80. The highest BCUT2D eigenvalue weighted by molar-refractivity contribution is 7.70. The molecule has 0 aliphatic rings. The Morgan fingerprint density at radius 3 is 2.31 bits per heavy atom. The van der Waals surface area contributed by atoms with Crippen molar-refractivity contribution < 1.29 is 12.4 Å². The van der Waals surface area contributed by atoms with E-state index >= 15 is 0 Å². The molecule has 1 aromatic heterocycles. The van der Waals surface area contributed by atoms with Crippen molar-refractivity contribution in [1.82, 2.24) is 0 Å². The third kappa shape index (κ3) is 2.50. The van der Waals surface area contributed by atoms with Crippen LogP contribution >= 0.6 is 20.7 Å². The van der Waals surface area contributed by atoms with Crippen molar-refractivity contribution in [2.24, 2.45) is 0 Å². The second kappa shape index (κ2) is 4.70. The maximum absolute atomic E-state index is 2.17. The molecule has 0 bridgehead atoms. The Balaban J connectivity index is 0.000000845. The molecule has 3 heteroatoms. The minimum Gasteiger partial charge on any atom is -1.00 e. The lowest BCUT2D eigenvalue weighted by atomic mass is 10.1. The molecule has 0 aliphatic heterocycles. The number of rotatable bonds is 1. The summed E-state index contributed by atoms with van der Waals surface area (Å²) in [5.74, 6) is 0. The first kappa shape index (κ1) is 10.6. The van der Waals surface area contributed by atoms with E-state index in [9.17, 15) is 0 Å². The van der Waals surface area contributed by atoms with Gasteiger partial charge >= 0.3 is 0 Å². The summed E-state index contributed by atoms with van der Waals surface area (Å²) in [5, 5.41) is 2.12. The summed E-state index contributed by atoms with van der Waals surface area (Å²) in [6.07, 6.45) is 0. The maximum Gasteiger partial charge on any atom is 0.292 e. The summed E-state index contributed by atoms with van der Waals surface area (Å²) in [5.41, 5.74) is 2.64. The van der Waals surface area contributed by atoms with E-state index in [0.29, 0.717) is 0 Å². The van der Waals surface area contributed by atoms with Crippen LogP contribution in [0.5, 0.6) is 0 Å². The highest BCUT2D eigenvalue weighted by Gasteiger charge is 2.03. The summed E-state index contributed by atoms with van der Waals surface area (Å²) >= 11 is 0. The number of halogens is 1. The summed E-state index contributed by atoms with van der Waals surface area (Å²) < 4.78 is 0. The summed E-state index contributed by atoms with van der Waals surface area (Å²) in [6.45, 7) is 2.11. The lowest BCUT2D eigenvalue weighted by Gasteiger charge is -1.94. The van der Waals surface area contributed by atoms with E-state index in [1.807, 2.05) is 10.3 Å². The van der Waals surface area contributed by atoms with Crippen molar-refractivity contribution in [2.45, 2.75) is 6.92 Å². The average molecular weight is 229 g/mol. The highest BCUT2D eigenvalue weighted by atomic mass is 35.5. The van der Waals surface area contributed by atoms with Crippen molar-refractivity contribution >= 4 is 20.7 Å². The van der Waals surface area contributed by atoms with Gasteiger partial charge in [0.2, 0.25) is 5.38 Å². The lowest BCUT2D eigenvalue weighted by Crippen LogP contribution is -3.00. The fourth-order valence-corrected chi connectivity index (χ4v) is 2.95. The zero-order valence-corrected chi connectivity index (χ0v) is 9.55. The second-order valence-electron chi connectivity index (χ2n) is 2.71. The molecular formula is C10H9ClS2. The SMILES string of the molecule is Cc1ccc(-c2cc[s+]s2)cc1.[Cl-]. The third-order valence-electron chi connectivity index (χ3n) is 1.75. The topological polar surface area (TPSA) is 0 Å². The van der Waals surface area contributed by atoms with Crippen LogP contribution in [0.4, 0.5) is 0 Å². The van der Waals surface area contributed by atoms with Crippen LogP contribution in [0.3, 0.4) is 0 Å². The van der Waals surface area contributed by atoms with Crippen LogP contribution in [0.2, 0.25) is 0 Å². The van der Waals surface area contributed by atoms with Crippen LogP contribution < -0.4 is 12.4 Å². The molecule has 1 aromatic carbocycles. The molecule has 1 heterocycles.